The molecule has 1 N–H and O–H groups in total. The number of hydrogen-bond acceptors (Lipinski definition) is 3. The lowest BCUT2D eigenvalue weighted by molar-refractivity contribution is -0.131. The van der Waals surface area contributed by atoms with E-state index in [1.807, 2.05) is 61.5 Å². The molecule has 0 spiro atoms. The molecule has 0 aliphatic carbocycles. The number of aromatic nitrogens is 2. The molecule has 0 fully saturated rings. The molecule has 0 radical (unpaired) electrons. The largest absolute Gasteiger partial charge is 0.494 e. The molecule has 6 nitrogen and oxygen atoms in total. The Morgan fingerprint density at radius 1 is 1.11 bits per heavy atom. The van der Waals surface area contributed by atoms with Crippen LogP contribution in [0.4, 0.5) is 0 Å². The van der Waals surface area contributed by atoms with E-state index in [0.717, 1.165) is 22.7 Å². The zero-order valence-corrected chi connectivity index (χ0v) is 15.9. The number of rotatable bonds is 5. The summed E-state index contributed by atoms with van der Waals surface area (Å²) in [6.45, 7) is 3.51. The summed E-state index contributed by atoms with van der Waals surface area (Å²) in [5.74, 6) is 0.830. The Kier molecular flexibility index (Phi) is 5.02. The monoisotopic (exact) mass is 377 g/mol. The third-order valence-corrected chi connectivity index (χ3v) is 5.01. The molecule has 0 saturated heterocycles. The fourth-order valence-electron chi connectivity index (χ4n) is 3.53. The zero-order valence-electron chi connectivity index (χ0n) is 15.9. The standard InChI is InChI=1S/C22H23N3O3/c1-2-28-18-10-8-16(9-11-18)14-21(26)24-13-12-20-19(15-24)22(27)25(23-20)17-6-4-3-5-7-17/h3-11,23H,2,12-15H2,1H3. The molecule has 4 rings (SSSR count). The Labute approximate surface area is 163 Å². The molecule has 0 atom stereocenters. The first kappa shape index (κ1) is 18.1. The van der Waals surface area contributed by atoms with Gasteiger partial charge < -0.3 is 9.64 Å². The van der Waals surface area contributed by atoms with E-state index in [4.69, 9.17) is 4.74 Å². The molecule has 28 heavy (non-hydrogen) atoms. The minimum Gasteiger partial charge on any atom is -0.494 e. The van der Waals surface area contributed by atoms with Crippen molar-refractivity contribution in [3.05, 3.63) is 81.8 Å². The topological polar surface area (TPSA) is 67.3 Å². The summed E-state index contributed by atoms with van der Waals surface area (Å²) >= 11 is 0. The molecule has 0 saturated carbocycles. The fourth-order valence-corrected chi connectivity index (χ4v) is 3.53. The molecular weight excluding hydrogens is 354 g/mol. The molecule has 1 aliphatic heterocycles. The van der Waals surface area contributed by atoms with Crippen molar-refractivity contribution in [3.63, 3.8) is 0 Å². The quantitative estimate of drug-likeness (QED) is 0.743. The van der Waals surface area contributed by atoms with Crippen LogP contribution >= 0.6 is 0 Å². The van der Waals surface area contributed by atoms with Crippen LogP contribution in [0.15, 0.2) is 59.4 Å². The van der Waals surface area contributed by atoms with Crippen molar-refractivity contribution in [1.29, 1.82) is 0 Å². The highest BCUT2D eigenvalue weighted by Gasteiger charge is 2.26. The van der Waals surface area contributed by atoms with E-state index in [-0.39, 0.29) is 11.5 Å². The molecule has 1 aromatic heterocycles. The highest BCUT2D eigenvalue weighted by Crippen LogP contribution is 2.18. The molecule has 0 bridgehead atoms. The van der Waals surface area contributed by atoms with Gasteiger partial charge in [0.1, 0.15) is 5.75 Å². The van der Waals surface area contributed by atoms with E-state index < -0.39 is 0 Å². The fraction of sp³-hybridized carbons (Fsp3) is 0.273. The maximum absolute atomic E-state index is 12.8. The van der Waals surface area contributed by atoms with Crippen molar-refractivity contribution in [2.75, 3.05) is 13.2 Å². The summed E-state index contributed by atoms with van der Waals surface area (Å²) in [5, 5.41) is 3.20. The maximum atomic E-state index is 12.8. The van der Waals surface area contributed by atoms with Gasteiger partial charge in [-0.25, -0.2) is 4.68 Å². The van der Waals surface area contributed by atoms with Crippen LogP contribution in [0.25, 0.3) is 5.69 Å². The summed E-state index contributed by atoms with van der Waals surface area (Å²) in [6, 6.07) is 17.1. The van der Waals surface area contributed by atoms with E-state index in [9.17, 15) is 9.59 Å². The van der Waals surface area contributed by atoms with Gasteiger partial charge >= 0.3 is 0 Å². The number of amides is 1. The van der Waals surface area contributed by atoms with E-state index in [2.05, 4.69) is 5.10 Å². The Morgan fingerprint density at radius 3 is 2.57 bits per heavy atom. The number of nitrogens with zero attached hydrogens (tertiary/aromatic N) is 2. The third kappa shape index (κ3) is 3.58. The van der Waals surface area contributed by atoms with Gasteiger partial charge in [-0.2, -0.15) is 0 Å². The van der Waals surface area contributed by atoms with Gasteiger partial charge in [-0.1, -0.05) is 30.3 Å². The van der Waals surface area contributed by atoms with Crippen molar-refractivity contribution in [1.82, 2.24) is 14.7 Å². The Bertz CT molecular complexity index is 1020. The summed E-state index contributed by atoms with van der Waals surface area (Å²) in [4.78, 5) is 27.3. The molecule has 2 aromatic carbocycles. The van der Waals surface area contributed by atoms with Gasteiger partial charge in [0.25, 0.3) is 5.56 Å². The van der Waals surface area contributed by atoms with Crippen LogP contribution in [0.2, 0.25) is 0 Å². The number of benzene rings is 2. The van der Waals surface area contributed by atoms with Crippen molar-refractivity contribution in [3.8, 4) is 11.4 Å². The highest BCUT2D eigenvalue weighted by atomic mass is 16.5. The van der Waals surface area contributed by atoms with Gasteiger partial charge in [-0.15, -0.1) is 0 Å². The van der Waals surface area contributed by atoms with Crippen LogP contribution in [0, 0.1) is 0 Å². The number of nitrogens with one attached hydrogen (secondary N) is 1. The SMILES string of the molecule is CCOc1ccc(CC(=O)N2CCc3[nH]n(-c4ccccc4)c(=O)c3C2)cc1. The van der Waals surface area contributed by atoms with Crippen LogP contribution in [0.3, 0.4) is 0 Å². The Hall–Kier alpha value is -3.28. The summed E-state index contributed by atoms with van der Waals surface area (Å²) < 4.78 is 7.00. The number of carbonyl (C=O) groups excluding carboxylic acids is 1. The van der Waals surface area contributed by atoms with Crippen molar-refractivity contribution >= 4 is 5.91 Å². The normalized spacial score (nSPS) is 13.2. The number of carbonyl (C=O) groups is 1. The van der Waals surface area contributed by atoms with E-state index in [0.29, 0.717) is 38.1 Å². The lowest BCUT2D eigenvalue weighted by atomic mass is 10.1. The van der Waals surface area contributed by atoms with Gasteiger partial charge in [-0.05, 0) is 36.8 Å². The number of fused-ring (bicyclic) bond motifs is 1. The van der Waals surface area contributed by atoms with E-state index in [1.165, 1.54) is 0 Å². The first-order valence-electron chi connectivity index (χ1n) is 9.53. The first-order chi connectivity index (χ1) is 13.7. The Morgan fingerprint density at radius 2 is 1.86 bits per heavy atom. The number of ether oxygens (including phenoxy) is 1. The van der Waals surface area contributed by atoms with Gasteiger partial charge in [-0.3, -0.25) is 14.7 Å². The molecule has 2 heterocycles. The second-order valence-corrected chi connectivity index (χ2v) is 6.86. The maximum Gasteiger partial charge on any atom is 0.276 e. The highest BCUT2D eigenvalue weighted by molar-refractivity contribution is 5.79. The third-order valence-electron chi connectivity index (χ3n) is 5.01. The first-order valence-corrected chi connectivity index (χ1v) is 9.53. The van der Waals surface area contributed by atoms with E-state index in [1.54, 1.807) is 9.58 Å². The van der Waals surface area contributed by atoms with Crippen molar-refractivity contribution < 1.29 is 9.53 Å². The summed E-state index contributed by atoms with van der Waals surface area (Å²) in [6.07, 6.45) is 0.971. The van der Waals surface area contributed by atoms with Gasteiger partial charge in [0.05, 0.1) is 30.8 Å². The van der Waals surface area contributed by atoms with Crippen LogP contribution in [0.5, 0.6) is 5.75 Å². The lowest BCUT2D eigenvalue weighted by Crippen LogP contribution is -2.38. The van der Waals surface area contributed by atoms with Crippen molar-refractivity contribution in [2.24, 2.45) is 0 Å². The summed E-state index contributed by atoms with van der Waals surface area (Å²) in [5.41, 5.74) is 3.25. The van der Waals surface area contributed by atoms with Gasteiger partial charge in [0.2, 0.25) is 5.91 Å². The molecular formula is C22H23N3O3. The average Bonchev–Trinajstić information content (AvgIpc) is 3.06. The number of H-pyrrole nitrogens is 1. The molecule has 3 aromatic rings. The van der Waals surface area contributed by atoms with Crippen LogP contribution in [0.1, 0.15) is 23.7 Å². The van der Waals surface area contributed by atoms with E-state index >= 15 is 0 Å². The van der Waals surface area contributed by atoms with Gasteiger partial charge in [0.15, 0.2) is 0 Å². The average molecular weight is 377 g/mol. The minimum absolute atomic E-state index is 0.0293. The molecule has 1 amide bonds. The number of aromatic amines is 1. The lowest BCUT2D eigenvalue weighted by Gasteiger charge is -2.26. The predicted octanol–water partition coefficient (Wildman–Crippen LogP) is 2.69. The Balaban J connectivity index is 1.48. The smallest absolute Gasteiger partial charge is 0.276 e. The molecule has 144 valence electrons. The number of hydrogen-bond donors (Lipinski definition) is 1. The van der Waals surface area contributed by atoms with Crippen LogP contribution < -0.4 is 10.3 Å². The second kappa shape index (κ2) is 7.76. The molecule has 0 unspecified atom stereocenters. The molecule has 1 aliphatic rings. The van der Waals surface area contributed by atoms with Crippen LogP contribution in [-0.2, 0) is 24.2 Å². The molecule has 6 heteroatoms. The zero-order chi connectivity index (χ0) is 19.5. The van der Waals surface area contributed by atoms with Crippen molar-refractivity contribution in [2.45, 2.75) is 26.3 Å². The number of para-hydroxylation sites is 1. The minimum atomic E-state index is -0.0835. The van der Waals surface area contributed by atoms with Crippen LogP contribution in [-0.4, -0.2) is 33.7 Å². The van der Waals surface area contributed by atoms with Gasteiger partial charge in [0, 0.05) is 18.7 Å². The second-order valence-electron chi connectivity index (χ2n) is 6.86. The predicted molar refractivity (Wildman–Crippen MR) is 107 cm³/mol. The summed E-state index contributed by atoms with van der Waals surface area (Å²) in [7, 11) is 0.